The standard InChI is InChI=1S/C26H30F2N2O/c1-18-14-23(31-2)21(20-8-12-29-24(18)20)16-30-13-11-25(9-10-26(27,28)17-25)15-22(30)19-6-4-3-5-7-19/h3-8,12,14,22,29H,9-11,13,15-17H2,1-2H3. The largest absolute Gasteiger partial charge is 0.496 e. The van der Waals surface area contributed by atoms with Crippen molar-refractivity contribution in [2.45, 2.75) is 57.5 Å². The zero-order valence-corrected chi connectivity index (χ0v) is 18.3. The zero-order valence-electron chi connectivity index (χ0n) is 18.3. The number of aromatic amines is 1. The molecule has 1 N–H and O–H groups in total. The lowest BCUT2D eigenvalue weighted by Crippen LogP contribution is -2.41. The molecular weight excluding hydrogens is 394 g/mol. The SMILES string of the molecule is COc1cc(C)c2[nH]ccc2c1CN1CCC2(CCC(F)(F)C2)CC1c1ccccc1. The molecule has 0 radical (unpaired) electrons. The molecular formula is C26H30F2N2O. The number of piperidine rings is 1. The van der Waals surface area contributed by atoms with Crippen LogP contribution in [0.15, 0.2) is 48.7 Å². The first-order chi connectivity index (χ1) is 14.9. The van der Waals surface area contributed by atoms with Crippen molar-refractivity contribution < 1.29 is 13.5 Å². The summed E-state index contributed by atoms with van der Waals surface area (Å²) in [6.07, 6.45) is 4.29. The maximum atomic E-state index is 14.2. The quantitative estimate of drug-likeness (QED) is 0.509. The van der Waals surface area contributed by atoms with Crippen LogP contribution in [0.4, 0.5) is 8.78 Å². The van der Waals surface area contributed by atoms with Crippen LogP contribution in [0.1, 0.15) is 54.8 Å². The molecule has 1 saturated carbocycles. The molecule has 2 atom stereocenters. The van der Waals surface area contributed by atoms with Crippen molar-refractivity contribution in [1.82, 2.24) is 9.88 Å². The predicted molar refractivity (Wildman–Crippen MR) is 120 cm³/mol. The Morgan fingerprint density at radius 2 is 1.94 bits per heavy atom. The first-order valence-electron chi connectivity index (χ1n) is 11.2. The van der Waals surface area contributed by atoms with Gasteiger partial charge in [-0.3, -0.25) is 4.90 Å². The van der Waals surface area contributed by atoms with Crippen molar-refractivity contribution in [2.24, 2.45) is 5.41 Å². The fourth-order valence-electron chi connectivity index (χ4n) is 5.92. The van der Waals surface area contributed by atoms with Crippen molar-refractivity contribution in [1.29, 1.82) is 0 Å². The molecule has 2 aromatic carbocycles. The molecule has 5 rings (SSSR count). The molecule has 2 aliphatic rings. The summed E-state index contributed by atoms with van der Waals surface area (Å²) in [5.74, 6) is -1.62. The number of H-pyrrole nitrogens is 1. The van der Waals surface area contributed by atoms with Crippen LogP contribution in [0.3, 0.4) is 0 Å². The molecule has 1 saturated heterocycles. The monoisotopic (exact) mass is 424 g/mol. The van der Waals surface area contributed by atoms with E-state index in [1.165, 1.54) is 10.9 Å². The van der Waals surface area contributed by atoms with Gasteiger partial charge in [0.05, 0.1) is 7.11 Å². The average Bonchev–Trinajstić information content (AvgIpc) is 3.37. The van der Waals surface area contributed by atoms with E-state index in [2.05, 4.69) is 53.2 Å². The normalized spacial score (nSPS) is 26.0. The van der Waals surface area contributed by atoms with E-state index in [9.17, 15) is 8.78 Å². The predicted octanol–water partition coefficient (Wildman–Crippen LogP) is 6.63. The minimum absolute atomic E-state index is 0.0320. The number of fused-ring (bicyclic) bond motifs is 1. The molecule has 2 heterocycles. The average molecular weight is 425 g/mol. The van der Waals surface area contributed by atoms with E-state index in [1.54, 1.807) is 7.11 Å². The maximum absolute atomic E-state index is 14.2. The van der Waals surface area contributed by atoms with Crippen LogP contribution in [0.25, 0.3) is 10.9 Å². The lowest BCUT2D eigenvalue weighted by molar-refractivity contribution is -0.0235. The van der Waals surface area contributed by atoms with E-state index in [-0.39, 0.29) is 24.3 Å². The third kappa shape index (κ3) is 3.73. The maximum Gasteiger partial charge on any atom is 0.248 e. The number of nitrogens with zero attached hydrogens (tertiary/aromatic N) is 1. The van der Waals surface area contributed by atoms with Crippen LogP contribution in [-0.2, 0) is 6.54 Å². The highest BCUT2D eigenvalue weighted by molar-refractivity contribution is 5.88. The minimum atomic E-state index is -2.51. The van der Waals surface area contributed by atoms with Crippen molar-refractivity contribution in [2.75, 3.05) is 13.7 Å². The third-order valence-electron chi connectivity index (χ3n) is 7.53. The Kier molecular flexibility index (Phi) is 5.04. The first-order valence-corrected chi connectivity index (χ1v) is 11.2. The number of aryl methyl sites for hydroxylation is 1. The van der Waals surface area contributed by atoms with Gasteiger partial charge in [-0.05, 0) is 61.4 Å². The summed E-state index contributed by atoms with van der Waals surface area (Å²) in [4.78, 5) is 5.82. The van der Waals surface area contributed by atoms with Gasteiger partial charge < -0.3 is 9.72 Å². The lowest BCUT2D eigenvalue weighted by atomic mass is 9.72. The summed E-state index contributed by atoms with van der Waals surface area (Å²) < 4.78 is 34.1. The highest BCUT2D eigenvalue weighted by atomic mass is 19.3. The van der Waals surface area contributed by atoms with Gasteiger partial charge in [0.1, 0.15) is 5.75 Å². The Bertz CT molecular complexity index is 1080. The number of ether oxygens (including phenoxy) is 1. The summed E-state index contributed by atoms with van der Waals surface area (Å²) in [6, 6.07) is 14.7. The molecule has 0 amide bonds. The highest BCUT2D eigenvalue weighted by Gasteiger charge is 2.52. The number of methoxy groups -OCH3 is 1. The number of benzene rings is 2. The van der Waals surface area contributed by atoms with Crippen LogP contribution in [0.2, 0.25) is 0 Å². The molecule has 3 aromatic rings. The molecule has 1 aliphatic heterocycles. The number of hydrogen-bond acceptors (Lipinski definition) is 2. The van der Waals surface area contributed by atoms with Crippen molar-refractivity contribution in [3.8, 4) is 5.75 Å². The van der Waals surface area contributed by atoms with Crippen LogP contribution in [0, 0.1) is 12.3 Å². The molecule has 1 aliphatic carbocycles. The van der Waals surface area contributed by atoms with E-state index < -0.39 is 5.92 Å². The molecule has 2 fully saturated rings. The zero-order chi connectivity index (χ0) is 21.6. The van der Waals surface area contributed by atoms with E-state index in [0.717, 1.165) is 48.3 Å². The summed E-state index contributed by atoms with van der Waals surface area (Å²) in [5, 5.41) is 1.18. The summed E-state index contributed by atoms with van der Waals surface area (Å²) in [5.41, 5.74) is 4.43. The van der Waals surface area contributed by atoms with Gasteiger partial charge >= 0.3 is 0 Å². The van der Waals surface area contributed by atoms with Crippen LogP contribution < -0.4 is 4.74 Å². The van der Waals surface area contributed by atoms with Crippen molar-refractivity contribution in [3.63, 3.8) is 0 Å². The number of halogens is 2. The Morgan fingerprint density at radius 1 is 1.13 bits per heavy atom. The van der Waals surface area contributed by atoms with E-state index >= 15 is 0 Å². The Labute approximate surface area is 182 Å². The molecule has 2 unspecified atom stereocenters. The number of aromatic nitrogens is 1. The van der Waals surface area contributed by atoms with Crippen molar-refractivity contribution >= 4 is 10.9 Å². The van der Waals surface area contributed by atoms with Gasteiger partial charge in [0.2, 0.25) is 5.92 Å². The molecule has 164 valence electrons. The molecule has 5 heteroatoms. The fraction of sp³-hybridized carbons (Fsp3) is 0.462. The smallest absolute Gasteiger partial charge is 0.248 e. The van der Waals surface area contributed by atoms with Crippen LogP contribution >= 0.6 is 0 Å². The van der Waals surface area contributed by atoms with Crippen LogP contribution in [-0.4, -0.2) is 29.5 Å². The van der Waals surface area contributed by atoms with E-state index in [4.69, 9.17) is 4.74 Å². The molecule has 0 bridgehead atoms. The summed E-state index contributed by atoms with van der Waals surface area (Å²) in [7, 11) is 1.72. The summed E-state index contributed by atoms with van der Waals surface area (Å²) in [6.45, 7) is 3.64. The van der Waals surface area contributed by atoms with Gasteiger partial charge in [0.25, 0.3) is 0 Å². The highest BCUT2D eigenvalue weighted by Crippen LogP contribution is 2.56. The number of alkyl halides is 2. The Balaban J connectivity index is 1.51. The number of nitrogens with one attached hydrogen (secondary N) is 1. The Morgan fingerprint density at radius 3 is 2.65 bits per heavy atom. The second kappa shape index (κ2) is 7.63. The number of hydrogen-bond donors (Lipinski definition) is 1. The second-order valence-electron chi connectivity index (χ2n) is 9.52. The van der Waals surface area contributed by atoms with Gasteiger partial charge in [-0.25, -0.2) is 8.78 Å². The van der Waals surface area contributed by atoms with Gasteiger partial charge in [-0.2, -0.15) is 0 Å². The third-order valence-corrected chi connectivity index (χ3v) is 7.53. The van der Waals surface area contributed by atoms with Gasteiger partial charge in [0, 0.05) is 48.1 Å². The fourth-order valence-corrected chi connectivity index (χ4v) is 5.92. The molecule has 31 heavy (non-hydrogen) atoms. The van der Waals surface area contributed by atoms with Gasteiger partial charge in [-0.1, -0.05) is 30.3 Å². The Hall–Kier alpha value is -2.40. The van der Waals surface area contributed by atoms with Crippen molar-refractivity contribution in [3.05, 3.63) is 65.4 Å². The second-order valence-corrected chi connectivity index (χ2v) is 9.52. The molecule has 1 aromatic heterocycles. The van der Waals surface area contributed by atoms with Gasteiger partial charge in [-0.15, -0.1) is 0 Å². The minimum Gasteiger partial charge on any atom is -0.496 e. The number of likely N-dealkylation sites (tertiary alicyclic amines) is 1. The van der Waals surface area contributed by atoms with Crippen LogP contribution in [0.5, 0.6) is 5.75 Å². The first kappa shape index (κ1) is 20.5. The van der Waals surface area contributed by atoms with E-state index in [0.29, 0.717) is 6.42 Å². The lowest BCUT2D eigenvalue weighted by Gasteiger charge is -2.45. The van der Waals surface area contributed by atoms with Gasteiger partial charge in [0.15, 0.2) is 0 Å². The van der Waals surface area contributed by atoms with E-state index in [1.807, 2.05) is 12.3 Å². The number of rotatable bonds is 4. The molecule has 1 spiro atoms. The molecule has 3 nitrogen and oxygen atoms in total. The summed E-state index contributed by atoms with van der Waals surface area (Å²) >= 11 is 0. The topological polar surface area (TPSA) is 28.3 Å².